The zero-order chi connectivity index (χ0) is 11.9. The molecule has 0 radical (unpaired) electrons. The predicted octanol–water partition coefficient (Wildman–Crippen LogP) is 1.45. The number of carbonyl (C=O) groups is 2. The van der Waals surface area contributed by atoms with Crippen LogP contribution in [0.4, 0.5) is 0 Å². The Kier molecular flexibility index (Phi) is 2.80. The fourth-order valence-corrected chi connectivity index (χ4v) is 3.38. The molecule has 2 aliphatic rings. The van der Waals surface area contributed by atoms with E-state index in [1.165, 1.54) is 4.90 Å². The predicted molar refractivity (Wildman–Crippen MR) is 61.7 cm³/mol. The first-order valence-corrected chi connectivity index (χ1v) is 6.16. The van der Waals surface area contributed by atoms with Gasteiger partial charge in [0.25, 0.3) is 0 Å². The van der Waals surface area contributed by atoms with Crippen LogP contribution in [0.25, 0.3) is 0 Å². The Bertz CT molecular complexity index is 413. The quantitative estimate of drug-likeness (QED) is 0.741. The summed E-state index contributed by atoms with van der Waals surface area (Å²) in [5.74, 6) is -0.508. The molecule has 16 heavy (non-hydrogen) atoms. The van der Waals surface area contributed by atoms with E-state index in [1.807, 2.05) is 13.8 Å². The summed E-state index contributed by atoms with van der Waals surface area (Å²) >= 11 is 1.63. The maximum Gasteiger partial charge on any atom is 0.352 e. The highest BCUT2D eigenvalue weighted by molar-refractivity contribution is 8.00. The summed E-state index contributed by atoms with van der Waals surface area (Å²) in [6, 6.07) is 0. The minimum absolute atomic E-state index is 0.00704. The Labute approximate surface area is 98.0 Å². The van der Waals surface area contributed by atoms with E-state index in [-0.39, 0.29) is 22.9 Å². The third-order valence-corrected chi connectivity index (χ3v) is 4.27. The molecule has 4 nitrogen and oxygen atoms in total. The zero-order valence-electron chi connectivity index (χ0n) is 9.14. The lowest BCUT2D eigenvalue weighted by atomic mass is 9.97. The summed E-state index contributed by atoms with van der Waals surface area (Å²) in [4.78, 5) is 24.3. The molecule has 0 spiro atoms. The van der Waals surface area contributed by atoms with Gasteiger partial charge >= 0.3 is 5.97 Å². The van der Waals surface area contributed by atoms with Crippen LogP contribution in [0.2, 0.25) is 0 Å². The Morgan fingerprint density at radius 3 is 2.88 bits per heavy atom. The van der Waals surface area contributed by atoms with Crippen LogP contribution in [0.15, 0.2) is 23.4 Å². The largest absolute Gasteiger partial charge is 0.477 e. The highest BCUT2D eigenvalue weighted by Gasteiger charge is 2.50. The van der Waals surface area contributed by atoms with Crippen molar-refractivity contribution in [1.82, 2.24) is 4.90 Å². The molecule has 0 aliphatic carbocycles. The number of fused-ring (bicyclic) bond motifs is 1. The number of allylic oxidation sites excluding steroid dienone is 2. The standard InChI is InChI=1S/C11H13NO3S/c1-3-4-7-5-16-10-6(2)9(13)12(10)8(7)11(14)15/h3-4,6,10H,5H2,1-2H3,(H,14,15)/b4-3+/t6-,10+/m1/s1. The van der Waals surface area contributed by atoms with Crippen molar-refractivity contribution < 1.29 is 14.7 Å². The number of thioether (sulfide) groups is 1. The number of rotatable bonds is 2. The minimum Gasteiger partial charge on any atom is -0.477 e. The highest BCUT2D eigenvalue weighted by Crippen LogP contribution is 2.43. The van der Waals surface area contributed by atoms with Gasteiger partial charge in [-0.1, -0.05) is 19.1 Å². The van der Waals surface area contributed by atoms with E-state index in [9.17, 15) is 9.59 Å². The van der Waals surface area contributed by atoms with Gasteiger partial charge in [0.1, 0.15) is 5.70 Å². The first-order valence-electron chi connectivity index (χ1n) is 5.11. The van der Waals surface area contributed by atoms with Crippen LogP contribution in [-0.4, -0.2) is 33.0 Å². The van der Waals surface area contributed by atoms with E-state index in [4.69, 9.17) is 5.11 Å². The van der Waals surface area contributed by atoms with Gasteiger partial charge in [0.2, 0.25) is 5.91 Å². The van der Waals surface area contributed by atoms with Gasteiger partial charge in [0, 0.05) is 5.75 Å². The van der Waals surface area contributed by atoms with E-state index in [0.29, 0.717) is 5.75 Å². The number of amides is 1. The van der Waals surface area contributed by atoms with Crippen LogP contribution in [-0.2, 0) is 9.59 Å². The molecular formula is C11H13NO3S. The number of hydrogen-bond acceptors (Lipinski definition) is 3. The molecule has 0 aromatic heterocycles. The summed E-state index contributed by atoms with van der Waals surface area (Å²) in [6.45, 7) is 3.68. The van der Waals surface area contributed by atoms with Crippen molar-refractivity contribution in [3.8, 4) is 0 Å². The normalized spacial score (nSPS) is 29.4. The number of aliphatic carboxylic acids is 1. The van der Waals surface area contributed by atoms with E-state index in [2.05, 4.69) is 0 Å². The summed E-state index contributed by atoms with van der Waals surface area (Å²) in [6.07, 6.45) is 3.57. The third-order valence-electron chi connectivity index (χ3n) is 2.83. The van der Waals surface area contributed by atoms with Crippen molar-refractivity contribution in [2.45, 2.75) is 19.2 Å². The fraction of sp³-hybridized carbons (Fsp3) is 0.455. The van der Waals surface area contributed by atoms with Gasteiger partial charge < -0.3 is 5.11 Å². The average Bonchev–Trinajstić information content (AvgIpc) is 2.27. The molecule has 2 heterocycles. The number of nitrogens with zero attached hydrogens (tertiary/aromatic N) is 1. The molecule has 86 valence electrons. The molecule has 1 saturated heterocycles. The Balaban J connectivity index is 2.41. The van der Waals surface area contributed by atoms with E-state index >= 15 is 0 Å². The first kappa shape index (κ1) is 11.3. The molecule has 0 unspecified atom stereocenters. The summed E-state index contributed by atoms with van der Waals surface area (Å²) in [5.41, 5.74) is 0.876. The molecule has 1 N–H and O–H groups in total. The second-order valence-corrected chi connectivity index (χ2v) is 4.98. The van der Waals surface area contributed by atoms with E-state index in [0.717, 1.165) is 5.57 Å². The maximum atomic E-state index is 11.7. The van der Waals surface area contributed by atoms with Crippen LogP contribution in [0.3, 0.4) is 0 Å². The lowest BCUT2D eigenvalue weighted by Gasteiger charge is -2.48. The minimum atomic E-state index is -1.02. The molecular weight excluding hydrogens is 226 g/mol. The van der Waals surface area contributed by atoms with Gasteiger partial charge in [-0.3, -0.25) is 9.69 Å². The van der Waals surface area contributed by atoms with Crippen LogP contribution >= 0.6 is 11.8 Å². The van der Waals surface area contributed by atoms with Gasteiger partial charge in [-0.05, 0) is 12.5 Å². The van der Waals surface area contributed by atoms with E-state index < -0.39 is 5.97 Å². The molecule has 2 rings (SSSR count). The number of carboxylic acids is 1. The molecule has 5 heteroatoms. The average molecular weight is 239 g/mol. The summed E-state index contributed by atoms with van der Waals surface area (Å²) in [7, 11) is 0. The van der Waals surface area contributed by atoms with Crippen LogP contribution in [0, 0.1) is 5.92 Å². The number of carbonyl (C=O) groups excluding carboxylic acids is 1. The van der Waals surface area contributed by atoms with Crippen LogP contribution in [0.1, 0.15) is 13.8 Å². The molecule has 0 aromatic rings. The smallest absolute Gasteiger partial charge is 0.352 e. The second-order valence-electron chi connectivity index (χ2n) is 3.88. The van der Waals surface area contributed by atoms with Crippen molar-refractivity contribution in [1.29, 1.82) is 0 Å². The maximum absolute atomic E-state index is 11.7. The van der Waals surface area contributed by atoms with Gasteiger partial charge in [-0.25, -0.2) is 4.79 Å². The molecule has 2 atom stereocenters. The Morgan fingerprint density at radius 2 is 2.31 bits per heavy atom. The molecule has 0 aromatic carbocycles. The van der Waals surface area contributed by atoms with Crippen molar-refractivity contribution in [3.05, 3.63) is 23.4 Å². The van der Waals surface area contributed by atoms with E-state index in [1.54, 1.807) is 23.9 Å². The topological polar surface area (TPSA) is 57.6 Å². The second kappa shape index (κ2) is 3.97. The molecule has 0 saturated carbocycles. The van der Waals surface area contributed by atoms with Gasteiger partial charge in [0.05, 0.1) is 11.3 Å². The van der Waals surface area contributed by atoms with Crippen LogP contribution in [0.5, 0.6) is 0 Å². The lowest BCUT2D eigenvalue weighted by molar-refractivity contribution is -0.151. The number of β-lactam (4-membered cyclic amide) rings is 1. The summed E-state index contributed by atoms with van der Waals surface area (Å²) in [5, 5.41) is 9.17. The Morgan fingerprint density at radius 1 is 1.62 bits per heavy atom. The van der Waals surface area contributed by atoms with Gasteiger partial charge in [-0.2, -0.15) is 0 Å². The Hall–Kier alpha value is -1.23. The first-order chi connectivity index (χ1) is 7.57. The number of carboxylic acid groups (broad SMARTS) is 1. The van der Waals surface area contributed by atoms with Crippen molar-refractivity contribution in [2.75, 3.05) is 5.75 Å². The lowest BCUT2D eigenvalue weighted by Crippen LogP contribution is -2.60. The SMILES string of the molecule is C/C=C/C1=C(C(=O)O)N2C(=O)[C@@H](C)[C@@H]2SC1. The molecule has 2 aliphatic heterocycles. The van der Waals surface area contributed by atoms with Crippen molar-refractivity contribution in [2.24, 2.45) is 5.92 Å². The van der Waals surface area contributed by atoms with Gasteiger partial charge in [0.15, 0.2) is 0 Å². The third kappa shape index (κ3) is 1.46. The molecule has 1 fully saturated rings. The fourth-order valence-electron chi connectivity index (χ4n) is 2.03. The van der Waals surface area contributed by atoms with Crippen molar-refractivity contribution in [3.63, 3.8) is 0 Å². The zero-order valence-corrected chi connectivity index (χ0v) is 9.95. The monoisotopic (exact) mass is 239 g/mol. The highest BCUT2D eigenvalue weighted by atomic mass is 32.2. The van der Waals surface area contributed by atoms with Crippen LogP contribution < -0.4 is 0 Å². The molecule has 1 amide bonds. The number of hydrogen-bond donors (Lipinski definition) is 1. The van der Waals surface area contributed by atoms with Crippen molar-refractivity contribution >= 4 is 23.6 Å². The van der Waals surface area contributed by atoms with Gasteiger partial charge in [-0.15, -0.1) is 11.8 Å². The molecule has 0 bridgehead atoms. The summed E-state index contributed by atoms with van der Waals surface area (Å²) < 4.78 is 0.